The fraction of sp³-hybridized carbons (Fsp3) is 0.162. The molecule has 0 unspecified atom stereocenters. The van der Waals surface area contributed by atoms with Gasteiger partial charge in [-0.05, 0) is 52.8 Å². The zero-order valence-electron chi connectivity index (χ0n) is 24.8. The fourth-order valence-electron chi connectivity index (χ4n) is 5.48. The summed E-state index contributed by atoms with van der Waals surface area (Å²) in [5.41, 5.74) is 3.77. The van der Waals surface area contributed by atoms with E-state index in [0.717, 1.165) is 22.0 Å². The maximum absolute atomic E-state index is 14.1. The molecule has 44 heavy (non-hydrogen) atoms. The van der Waals surface area contributed by atoms with Gasteiger partial charge in [0, 0.05) is 36.7 Å². The summed E-state index contributed by atoms with van der Waals surface area (Å²) < 4.78 is 5.47. The van der Waals surface area contributed by atoms with Gasteiger partial charge in [-0.2, -0.15) is 0 Å². The predicted molar refractivity (Wildman–Crippen MR) is 173 cm³/mol. The molecule has 5 aromatic rings. The minimum absolute atomic E-state index is 0.0437. The van der Waals surface area contributed by atoms with Crippen molar-refractivity contribution in [1.82, 2.24) is 4.90 Å². The molecule has 0 aromatic heterocycles. The number of benzene rings is 5. The highest BCUT2D eigenvalue weighted by molar-refractivity contribution is 6.14. The molecule has 0 saturated carbocycles. The Labute approximate surface area is 256 Å². The number of ether oxygens (including phenoxy) is 1. The molecule has 7 nitrogen and oxygen atoms in total. The first-order valence-electron chi connectivity index (χ1n) is 14.5. The number of carboxylic acids is 1. The smallest absolute Gasteiger partial charge is 0.305 e. The lowest BCUT2D eigenvalue weighted by Gasteiger charge is -2.25. The van der Waals surface area contributed by atoms with E-state index < -0.39 is 5.97 Å². The largest absolute Gasteiger partial charge is 0.496 e. The van der Waals surface area contributed by atoms with Crippen molar-refractivity contribution in [3.8, 4) is 16.9 Å². The average Bonchev–Trinajstić information content (AvgIpc) is 3.07. The summed E-state index contributed by atoms with van der Waals surface area (Å²) >= 11 is 0. The highest BCUT2D eigenvalue weighted by Gasteiger charge is 2.24. The molecule has 0 fully saturated rings. The number of rotatable bonds is 11. The molecule has 0 bridgehead atoms. The zero-order valence-corrected chi connectivity index (χ0v) is 24.8. The van der Waals surface area contributed by atoms with E-state index in [1.54, 1.807) is 42.2 Å². The standard InChI is InChI=1S/C37H34N2O5/c1-38(33-20-11-14-26-12-3-5-15-28(26)33)36(42)31-18-8-6-16-29(31)30-17-7-9-19-32(30)37(43)39(25-23-35(40)41)24-22-27-13-4-10-21-34(27)44-2/h3-21H,22-25H2,1-2H3,(H,40,41). The second-order valence-corrected chi connectivity index (χ2v) is 10.5. The quantitative estimate of drug-likeness (QED) is 0.181. The van der Waals surface area contributed by atoms with E-state index in [1.165, 1.54) is 0 Å². The molecule has 0 aliphatic rings. The summed E-state index contributed by atoms with van der Waals surface area (Å²) in [4.78, 5) is 42.9. The first kappa shape index (κ1) is 30.0. The van der Waals surface area contributed by atoms with Crippen LogP contribution in [0.1, 0.15) is 32.7 Å². The second-order valence-electron chi connectivity index (χ2n) is 10.5. The summed E-state index contributed by atoms with van der Waals surface area (Å²) in [6.07, 6.45) is 0.299. The molecule has 5 rings (SSSR count). The lowest BCUT2D eigenvalue weighted by molar-refractivity contribution is -0.137. The van der Waals surface area contributed by atoms with Gasteiger partial charge in [0.05, 0.1) is 19.2 Å². The summed E-state index contributed by atoms with van der Waals surface area (Å²) in [5.74, 6) is -0.790. The molecular weight excluding hydrogens is 552 g/mol. The number of amides is 2. The lowest BCUT2D eigenvalue weighted by Crippen LogP contribution is -2.35. The van der Waals surface area contributed by atoms with E-state index >= 15 is 0 Å². The van der Waals surface area contributed by atoms with Crippen LogP contribution >= 0.6 is 0 Å². The van der Waals surface area contributed by atoms with Gasteiger partial charge >= 0.3 is 5.97 Å². The monoisotopic (exact) mass is 586 g/mol. The van der Waals surface area contributed by atoms with E-state index in [9.17, 15) is 19.5 Å². The van der Waals surface area contributed by atoms with E-state index in [2.05, 4.69) is 0 Å². The van der Waals surface area contributed by atoms with Gasteiger partial charge in [0.1, 0.15) is 5.75 Å². The summed E-state index contributed by atoms with van der Waals surface area (Å²) in [7, 11) is 3.35. The minimum Gasteiger partial charge on any atom is -0.496 e. The highest BCUT2D eigenvalue weighted by atomic mass is 16.5. The minimum atomic E-state index is -0.985. The summed E-state index contributed by atoms with van der Waals surface area (Å²) in [5, 5.41) is 11.4. The molecule has 0 saturated heterocycles. The van der Waals surface area contributed by atoms with Gasteiger partial charge in [0.15, 0.2) is 0 Å². The Balaban J connectivity index is 1.49. The number of aliphatic carboxylic acids is 1. The Morgan fingerprint density at radius 3 is 1.98 bits per heavy atom. The van der Waals surface area contributed by atoms with Crippen LogP contribution in [-0.4, -0.2) is 55.0 Å². The van der Waals surface area contributed by atoms with Crippen LogP contribution < -0.4 is 9.64 Å². The third kappa shape index (κ3) is 6.47. The van der Waals surface area contributed by atoms with Gasteiger partial charge in [-0.3, -0.25) is 14.4 Å². The average molecular weight is 587 g/mol. The second kappa shape index (κ2) is 13.7. The number of para-hydroxylation sites is 1. The van der Waals surface area contributed by atoms with Gasteiger partial charge in [0.2, 0.25) is 0 Å². The van der Waals surface area contributed by atoms with Crippen LogP contribution in [0.25, 0.3) is 21.9 Å². The van der Waals surface area contributed by atoms with E-state index in [-0.39, 0.29) is 24.8 Å². The maximum atomic E-state index is 14.1. The molecule has 0 aliphatic carbocycles. The van der Waals surface area contributed by atoms with Crippen LogP contribution in [0.3, 0.4) is 0 Å². The normalized spacial score (nSPS) is 10.8. The molecule has 222 valence electrons. The van der Waals surface area contributed by atoms with Crippen molar-refractivity contribution in [3.63, 3.8) is 0 Å². The topological polar surface area (TPSA) is 87.1 Å². The van der Waals surface area contributed by atoms with Crippen LogP contribution in [0.5, 0.6) is 5.75 Å². The van der Waals surface area contributed by atoms with Crippen molar-refractivity contribution in [3.05, 3.63) is 132 Å². The molecule has 0 atom stereocenters. The highest BCUT2D eigenvalue weighted by Crippen LogP contribution is 2.32. The SMILES string of the molecule is COc1ccccc1CCN(CCC(=O)O)C(=O)c1ccccc1-c1ccccc1C(=O)N(C)c1cccc2ccccc12. The van der Waals surface area contributed by atoms with Crippen LogP contribution in [0, 0.1) is 0 Å². The first-order valence-corrected chi connectivity index (χ1v) is 14.5. The first-order chi connectivity index (χ1) is 21.4. The van der Waals surface area contributed by atoms with Crippen molar-refractivity contribution in [2.75, 3.05) is 32.1 Å². The number of hydrogen-bond acceptors (Lipinski definition) is 4. The summed E-state index contributed by atoms with van der Waals surface area (Å²) in [6.45, 7) is 0.341. The molecule has 0 aliphatic heterocycles. The van der Waals surface area contributed by atoms with Crippen molar-refractivity contribution in [1.29, 1.82) is 0 Å². The Kier molecular flexibility index (Phi) is 9.35. The Morgan fingerprint density at radius 2 is 1.27 bits per heavy atom. The molecular formula is C37H34N2O5. The fourth-order valence-corrected chi connectivity index (χ4v) is 5.48. The zero-order chi connectivity index (χ0) is 31.1. The van der Waals surface area contributed by atoms with Crippen molar-refractivity contribution in [2.24, 2.45) is 0 Å². The van der Waals surface area contributed by atoms with Crippen molar-refractivity contribution in [2.45, 2.75) is 12.8 Å². The van der Waals surface area contributed by atoms with Gasteiger partial charge in [-0.1, -0.05) is 91.0 Å². The van der Waals surface area contributed by atoms with Crippen LogP contribution in [0.4, 0.5) is 5.69 Å². The third-order valence-corrected chi connectivity index (χ3v) is 7.76. The van der Waals surface area contributed by atoms with Crippen molar-refractivity contribution >= 4 is 34.2 Å². The van der Waals surface area contributed by atoms with Crippen LogP contribution in [0.2, 0.25) is 0 Å². The van der Waals surface area contributed by atoms with E-state index in [0.29, 0.717) is 41.0 Å². The Bertz CT molecular complexity index is 1810. The van der Waals surface area contributed by atoms with Crippen molar-refractivity contribution < 1.29 is 24.2 Å². The number of carbonyl (C=O) groups is 3. The van der Waals surface area contributed by atoms with Crippen LogP contribution in [0.15, 0.2) is 115 Å². The number of anilines is 1. The molecule has 0 radical (unpaired) electrons. The number of methoxy groups -OCH3 is 1. The molecule has 2 amide bonds. The number of carbonyl (C=O) groups excluding carboxylic acids is 2. The molecule has 7 heteroatoms. The van der Waals surface area contributed by atoms with Gasteiger partial charge in [-0.25, -0.2) is 0 Å². The molecule has 0 spiro atoms. The van der Waals surface area contributed by atoms with Gasteiger partial charge in [-0.15, -0.1) is 0 Å². The summed E-state index contributed by atoms with van der Waals surface area (Å²) in [6, 6.07) is 35.8. The third-order valence-electron chi connectivity index (χ3n) is 7.76. The maximum Gasteiger partial charge on any atom is 0.305 e. The van der Waals surface area contributed by atoms with Gasteiger partial charge < -0.3 is 19.6 Å². The Morgan fingerprint density at radius 1 is 0.682 bits per heavy atom. The lowest BCUT2D eigenvalue weighted by atomic mass is 9.93. The molecule has 0 heterocycles. The number of carboxylic acid groups (broad SMARTS) is 1. The predicted octanol–water partition coefficient (Wildman–Crippen LogP) is 6.95. The molecule has 5 aromatic carbocycles. The Hall–Kier alpha value is -5.43. The number of hydrogen-bond donors (Lipinski definition) is 1. The number of fused-ring (bicyclic) bond motifs is 1. The van der Waals surface area contributed by atoms with Crippen LogP contribution in [-0.2, 0) is 11.2 Å². The number of nitrogens with zero attached hydrogens (tertiary/aromatic N) is 2. The van der Waals surface area contributed by atoms with E-state index in [4.69, 9.17) is 4.74 Å². The van der Waals surface area contributed by atoms with E-state index in [1.807, 2.05) is 97.1 Å². The van der Waals surface area contributed by atoms with Gasteiger partial charge in [0.25, 0.3) is 11.8 Å². The molecule has 1 N–H and O–H groups in total.